The van der Waals surface area contributed by atoms with Crippen LogP contribution in [0.4, 0.5) is 0 Å². The Morgan fingerprint density at radius 3 is 2.60 bits per heavy atom. The minimum atomic E-state index is -0.781. The summed E-state index contributed by atoms with van der Waals surface area (Å²) in [4.78, 5) is 38.0. The van der Waals surface area contributed by atoms with Crippen LogP contribution in [0.5, 0.6) is 0 Å². The molecule has 1 aromatic carbocycles. The van der Waals surface area contributed by atoms with E-state index in [0.717, 1.165) is 6.42 Å². The molecule has 0 spiro atoms. The lowest BCUT2D eigenvalue weighted by Gasteiger charge is -2.22. The summed E-state index contributed by atoms with van der Waals surface area (Å²) in [7, 11) is 0. The minimum absolute atomic E-state index is 0.0958. The van der Waals surface area contributed by atoms with Crippen LogP contribution < -0.4 is 11.2 Å². The maximum Gasteiger partial charge on any atom is 0.338 e. The van der Waals surface area contributed by atoms with E-state index in [2.05, 4.69) is 4.98 Å². The van der Waals surface area contributed by atoms with E-state index in [-0.39, 0.29) is 12.0 Å². The highest BCUT2D eigenvalue weighted by Crippen LogP contribution is 2.37. The van der Waals surface area contributed by atoms with Crippen molar-refractivity contribution in [2.24, 2.45) is 5.92 Å². The van der Waals surface area contributed by atoms with Crippen LogP contribution in [0.2, 0.25) is 0 Å². The Morgan fingerprint density at radius 1 is 1.24 bits per heavy atom. The fourth-order valence-corrected chi connectivity index (χ4v) is 3.10. The van der Waals surface area contributed by atoms with Gasteiger partial charge in [0, 0.05) is 18.2 Å². The van der Waals surface area contributed by atoms with Crippen molar-refractivity contribution >= 4 is 5.97 Å². The summed E-state index contributed by atoms with van der Waals surface area (Å²) in [5, 5.41) is 0. The highest BCUT2D eigenvalue weighted by atomic mass is 16.6. The molecule has 1 saturated heterocycles. The van der Waals surface area contributed by atoms with Gasteiger partial charge in [-0.2, -0.15) is 0 Å². The fourth-order valence-electron chi connectivity index (χ4n) is 3.10. The standard InChI is InChI=1S/C18H20N2O5/c1-3-13-11(2)15(25-17(22)12-7-5-4-6-8-12)16(24-13)20-10-9-14(21)19-18(20)23/h4-11,13,15-16H,3H2,1-2H3,(H,19,21,23)/t11-,13-,15+,16+/m0/s1. The zero-order valence-electron chi connectivity index (χ0n) is 14.0. The number of H-pyrrole nitrogens is 1. The Hall–Kier alpha value is -2.67. The highest BCUT2D eigenvalue weighted by molar-refractivity contribution is 5.89. The van der Waals surface area contributed by atoms with Gasteiger partial charge in [0.2, 0.25) is 0 Å². The van der Waals surface area contributed by atoms with Crippen molar-refractivity contribution in [1.82, 2.24) is 9.55 Å². The van der Waals surface area contributed by atoms with Gasteiger partial charge in [-0.25, -0.2) is 9.59 Å². The largest absolute Gasteiger partial charge is 0.454 e. The Kier molecular flexibility index (Phi) is 4.85. The van der Waals surface area contributed by atoms with Crippen LogP contribution in [-0.4, -0.2) is 27.7 Å². The highest BCUT2D eigenvalue weighted by Gasteiger charge is 2.45. The first-order valence-electron chi connectivity index (χ1n) is 8.24. The molecule has 3 rings (SSSR count). The summed E-state index contributed by atoms with van der Waals surface area (Å²) in [6.07, 6.45) is 0.505. The van der Waals surface area contributed by atoms with E-state index in [4.69, 9.17) is 9.47 Å². The number of carbonyl (C=O) groups is 1. The van der Waals surface area contributed by atoms with Crippen molar-refractivity contribution in [3.05, 3.63) is 69.0 Å². The SMILES string of the molecule is CC[C@@H]1O[C@@H](n2ccc(=O)[nH]c2=O)[C@H](OC(=O)c2ccccc2)[C@H]1C. The number of hydrogen-bond donors (Lipinski definition) is 1. The van der Waals surface area contributed by atoms with Gasteiger partial charge in [-0.05, 0) is 18.6 Å². The van der Waals surface area contributed by atoms with Gasteiger partial charge in [-0.3, -0.25) is 14.3 Å². The van der Waals surface area contributed by atoms with Crippen LogP contribution in [0.3, 0.4) is 0 Å². The molecule has 7 heteroatoms. The van der Waals surface area contributed by atoms with Crippen molar-refractivity contribution in [3.8, 4) is 0 Å². The molecule has 2 heterocycles. The average molecular weight is 344 g/mol. The van der Waals surface area contributed by atoms with Gasteiger partial charge in [0.25, 0.3) is 5.56 Å². The predicted molar refractivity (Wildman–Crippen MR) is 90.3 cm³/mol. The van der Waals surface area contributed by atoms with Gasteiger partial charge in [0.15, 0.2) is 12.3 Å². The van der Waals surface area contributed by atoms with Crippen molar-refractivity contribution in [1.29, 1.82) is 0 Å². The monoisotopic (exact) mass is 344 g/mol. The van der Waals surface area contributed by atoms with E-state index in [1.807, 2.05) is 19.9 Å². The molecule has 0 unspecified atom stereocenters. The zero-order chi connectivity index (χ0) is 18.0. The van der Waals surface area contributed by atoms with Crippen molar-refractivity contribution < 1.29 is 14.3 Å². The van der Waals surface area contributed by atoms with Gasteiger partial charge in [-0.15, -0.1) is 0 Å². The molecule has 25 heavy (non-hydrogen) atoms. The Bertz CT molecular complexity index is 858. The van der Waals surface area contributed by atoms with Crippen molar-refractivity contribution in [2.75, 3.05) is 0 Å². The third kappa shape index (κ3) is 3.41. The number of nitrogens with one attached hydrogen (secondary N) is 1. The molecule has 1 aliphatic rings. The van der Waals surface area contributed by atoms with Crippen molar-refractivity contribution in [3.63, 3.8) is 0 Å². The summed E-state index contributed by atoms with van der Waals surface area (Å²) in [5.41, 5.74) is -0.651. The van der Waals surface area contributed by atoms with E-state index in [9.17, 15) is 14.4 Å². The molecular weight excluding hydrogens is 324 g/mol. The topological polar surface area (TPSA) is 90.4 Å². The molecular formula is C18H20N2O5. The summed E-state index contributed by atoms with van der Waals surface area (Å²) >= 11 is 0. The van der Waals surface area contributed by atoms with E-state index >= 15 is 0 Å². The molecule has 4 atom stereocenters. The van der Waals surface area contributed by atoms with Gasteiger partial charge in [0.1, 0.15) is 0 Å². The molecule has 2 aromatic rings. The number of esters is 1. The molecule has 0 radical (unpaired) electrons. The summed E-state index contributed by atoms with van der Waals surface area (Å²) in [5.74, 6) is -0.568. The van der Waals surface area contributed by atoms with E-state index in [0.29, 0.717) is 5.56 Å². The van der Waals surface area contributed by atoms with E-state index < -0.39 is 29.6 Å². The molecule has 1 aromatic heterocycles. The molecule has 0 bridgehead atoms. The first kappa shape index (κ1) is 17.2. The minimum Gasteiger partial charge on any atom is -0.454 e. The molecule has 132 valence electrons. The number of aromatic amines is 1. The molecule has 7 nitrogen and oxygen atoms in total. The number of carbonyl (C=O) groups excluding carboxylic acids is 1. The quantitative estimate of drug-likeness (QED) is 0.853. The first-order chi connectivity index (χ1) is 12.0. The van der Waals surface area contributed by atoms with Crippen LogP contribution in [0.1, 0.15) is 36.9 Å². The molecule has 1 fully saturated rings. The van der Waals surface area contributed by atoms with Crippen LogP contribution in [0.15, 0.2) is 52.2 Å². The third-order valence-corrected chi connectivity index (χ3v) is 4.48. The third-order valence-electron chi connectivity index (χ3n) is 4.48. The molecule has 0 amide bonds. The van der Waals surface area contributed by atoms with Crippen LogP contribution in [0.25, 0.3) is 0 Å². The first-order valence-corrected chi connectivity index (χ1v) is 8.24. The number of ether oxygens (including phenoxy) is 2. The van der Waals surface area contributed by atoms with Crippen LogP contribution in [0, 0.1) is 5.92 Å². The Balaban J connectivity index is 1.91. The van der Waals surface area contributed by atoms with Gasteiger partial charge >= 0.3 is 11.7 Å². The fraction of sp³-hybridized carbons (Fsp3) is 0.389. The Labute approximate surface area is 144 Å². The number of hydrogen-bond acceptors (Lipinski definition) is 5. The maximum absolute atomic E-state index is 12.4. The zero-order valence-corrected chi connectivity index (χ0v) is 14.0. The van der Waals surface area contributed by atoms with Crippen LogP contribution in [-0.2, 0) is 9.47 Å². The predicted octanol–water partition coefficient (Wildman–Crippen LogP) is 1.71. The van der Waals surface area contributed by atoms with Crippen LogP contribution >= 0.6 is 0 Å². The average Bonchev–Trinajstić information content (AvgIpc) is 2.92. The molecule has 0 saturated carbocycles. The molecule has 1 N–H and O–H groups in total. The van der Waals surface area contributed by atoms with E-state index in [1.165, 1.54) is 16.8 Å². The van der Waals surface area contributed by atoms with Gasteiger partial charge in [0.05, 0.1) is 11.7 Å². The second-order valence-electron chi connectivity index (χ2n) is 6.09. The second-order valence-corrected chi connectivity index (χ2v) is 6.09. The van der Waals surface area contributed by atoms with E-state index in [1.54, 1.807) is 24.3 Å². The van der Waals surface area contributed by atoms with Crippen molar-refractivity contribution in [2.45, 2.75) is 38.7 Å². The molecule has 1 aliphatic heterocycles. The number of nitrogens with zero attached hydrogens (tertiary/aromatic N) is 1. The maximum atomic E-state index is 12.4. The molecule has 0 aliphatic carbocycles. The summed E-state index contributed by atoms with van der Waals surface area (Å²) in [6.45, 7) is 3.89. The van der Waals surface area contributed by atoms with Gasteiger partial charge < -0.3 is 9.47 Å². The lowest BCUT2D eigenvalue weighted by molar-refractivity contribution is -0.0510. The van der Waals surface area contributed by atoms with Gasteiger partial charge in [-0.1, -0.05) is 32.0 Å². The summed E-state index contributed by atoms with van der Waals surface area (Å²) < 4.78 is 12.9. The number of rotatable bonds is 4. The number of aromatic nitrogens is 2. The lowest BCUT2D eigenvalue weighted by Crippen LogP contribution is -2.37. The summed E-state index contributed by atoms with van der Waals surface area (Å²) in [6, 6.07) is 9.90. The normalized spacial score (nSPS) is 25.7. The smallest absolute Gasteiger partial charge is 0.338 e. The Morgan fingerprint density at radius 2 is 1.96 bits per heavy atom. The lowest BCUT2D eigenvalue weighted by atomic mass is 9.98. The number of benzene rings is 1. The second kappa shape index (κ2) is 7.06.